The molecular formula is C9H17Cl2N3O. The lowest BCUT2D eigenvalue weighted by Crippen LogP contribution is -2.08. The third-order valence-electron chi connectivity index (χ3n) is 1.67. The fourth-order valence-electron chi connectivity index (χ4n) is 0.931. The van der Waals surface area contributed by atoms with Crippen molar-refractivity contribution in [2.24, 2.45) is 5.73 Å². The van der Waals surface area contributed by atoms with Crippen LogP contribution in [0, 0.1) is 0 Å². The fourth-order valence-corrected chi connectivity index (χ4v) is 0.931. The second kappa shape index (κ2) is 9.98. The first-order valence-corrected chi connectivity index (χ1v) is 4.24. The van der Waals surface area contributed by atoms with E-state index in [1.165, 1.54) is 0 Å². The Morgan fingerprint density at radius 1 is 1.40 bits per heavy atom. The SMILES string of the molecule is COCCNc1ccc(CN)cn1.Cl.Cl. The molecule has 1 rings (SSSR count). The zero-order valence-corrected chi connectivity index (χ0v) is 10.2. The van der Waals surface area contributed by atoms with Crippen LogP contribution in [0.1, 0.15) is 5.56 Å². The molecule has 0 atom stereocenters. The van der Waals surface area contributed by atoms with E-state index in [-0.39, 0.29) is 24.8 Å². The number of aromatic nitrogens is 1. The van der Waals surface area contributed by atoms with Crippen molar-refractivity contribution in [1.82, 2.24) is 4.98 Å². The molecule has 0 radical (unpaired) electrons. The van der Waals surface area contributed by atoms with Gasteiger partial charge in [-0.3, -0.25) is 0 Å². The Balaban J connectivity index is 0. The first kappa shape index (κ1) is 16.9. The van der Waals surface area contributed by atoms with Crippen LogP contribution in [0.15, 0.2) is 18.3 Å². The van der Waals surface area contributed by atoms with Crippen LogP contribution in [0.2, 0.25) is 0 Å². The predicted molar refractivity (Wildman–Crippen MR) is 67.0 cm³/mol. The van der Waals surface area contributed by atoms with Crippen LogP contribution in [-0.4, -0.2) is 25.2 Å². The number of nitrogens with one attached hydrogen (secondary N) is 1. The minimum Gasteiger partial charge on any atom is -0.383 e. The van der Waals surface area contributed by atoms with Crippen molar-refractivity contribution in [2.45, 2.75) is 6.54 Å². The van der Waals surface area contributed by atoms with Gasteiger partial charge in [0.1, 0.15) is 5.82 Å². The number of methoxy groups -OCH3 is 1. The Morgan fingerprint density at radius 2 is 2.13 bits per heavy atom. The average molecular weight is 254 g/mol. The topological polar surface area (TPSA) is 60.2 Å². The number of anilines is 1. The van der Waals surface area contributed by atoms with Crippen molar-refractivity contribution < 1.29 is 4.74 Å². The van der Waals surface area contributed by atoms with E-state index in [1.54, 1.807) is 13.3 Å². The Bertz CT molecular complexity index is 244. The maximum atomic E-state index is 5.44. The molecule has 1 aromatic rings. The number of nitrogens with zero attached hydrogens (tertiary/aromatic N) is 1. The molecule has 0 aliphatic carbocycles. The maximum Gasteiger partial charge on any atom is 0.125 e. The third kappa shape index (κ3) is 6.52. The number of halogens is 2. The van der Waals surface area contributed by atoms with Gasteiger partial charge in [-0.05, 0) is 11.6 Å². The Hall–Kier alpha value is -0.550. The summed E-state index contributed by atoms with van der Waals surface area (Å²) in [5.41, 5.74) is 6.48. The first-order chi connectivity index (χ1) is 6.36. The molecule has 0 saturated carbocycles. The summed E-state index contributed by atoms with van der Waals surface area (Å²) in [5, 5.41) is 3.12. The monoisotopic (exact) mass is 253 g/mol. The quantitative estimate of drug-likeness (QED) is 0.780. The summed E-state index contributed by atoms with van der Waals surface area (Å²) in [5.74, 6) is 0.856. The molecule has 0 aromatic carbocycles. The summed E-state index contributed by atoms with van der Waals surface area (Å²) >= 11 is 0. The van der Waals surface area contributed by atoms with E-state index in [9.17, 15) is 0 Å². The van der Waals surface area contributed by atoms with Crippen LogP contribution < -0.4 is 11.1 Å². The van der Waals surface area contributed by atoms with Crippen molar-refractivity contribution in [1.29, 1.82) is 0 Å². The van der Waals surface area contributed by atoms with Gasteiger partial charge in [-0.1, -0.05) is 6.07 Å². The van der Waals surface area contributed by atoms with E-state index >= 15 is 0 Å². The second-order valence-electron chi connectivity index (χ2n) is 2.68. The van der Waals surface area contributed by atoms with Gasteiger partial charge < -0.3 is 15.8 Å². The van der Waals surface area contributed by atoms with E-state index in [0.29, 0.717) is 13.2 Å². The molecule has 0 saturated heterocycles. The van der Waals surface area contributed by atoms with Crippen LogP contribution >= 0.6 is 24.8 Å². The van der Waals surface area contributed by atoms with Gasteiger partial charge >= 0.3 is 0 Å². The van der Waals surface area contributed by atoms with Gasteiger partial charge in [-0.15, -0.1) is 24.8 Å². The molecule has 0 aliphatic rings. The van der Waals surface area contributed by atoms with Crippen LogP contribution in [0.5, 0.6) is 0 Å². The summed E-state index contributed by atoms with van der Waals surface area (Å²) in [7, 11) is 1.67. The predicted octanol–water partition coefficient (Wildman–Crippen LogP) is 1.44. The molecule has 0 bridgehead atoms. The average Bonchev–Trinajstić information content (AvgIpc) is 2.19. The normalized spacial score (nSPS) is 8.67. The lowest BCUT2D eigenvalue weighted by Gasteiger charge is -2.04. The summed E-state index contributed by atoms with van der Waals surface area (Å²) in [4.78, 5) is 4.17. The summed E-state index contributed by atoms with van der Waals surface area (Å²) in [6.45, 7) is 1.98. The number of hydrogen-bond donors (Lipinski definition) is 2. The van der Waals surface area contributed by atoms with Crippen LogP contribution in [0.25, 0.3) is 0 Å². The molecule has 3 N–H and O–H groups in total. The van der Waals surface area contributed by atoms with Crippen molar-refractivity contribution in [3.05, 3.63) is 23.9 Å². The number of nitrogens with two attached hydrogens (primary N) is 1. The van der Waals surface area contributed by atoms with Crippen LogP contribution in [-0.2, 0) is 11.3 Å². The summed E-state index contributed by atoms with van der Waals surface area (Å²) in [6, 6.07) is 3.87. The molecule has 0 spiro atoms. The van der Waals surface area contributed by atoms with E-state index in [1.807, 2.05) is 12.1 Å². The molecule has 0 fully saturated rings. The van der Waals surface area contributed by atoms with E-state index in [2.05, 4.69) is 10.3 Å². The second-order valence-corrected chi connectivity index (χ2v) is 2.68. The Kier molecular flexibility index (Phi) is 11.2. The highest BCUT2D eigenvalue weighted by Crippen LogP contribution is 2.03. The van der Waals surface area contributed by atoms with E-state index in [0.717, 1.165) is 17.9 Å². The molecule has 88 valence electrons. The van der Waals surface area contributed by atoms with Gasteiger partial charge in [0.15, 0.2) is 0 Å². The fraction of sp³-hybridized carbons (Fsp3) is 0.444. The summed E-state index contributed by atoms with van der Waals surface area (Å²) in [6.07, 6.45) is 1.77. The number of hydrogen-bond acceptors (Lipinski definition) is 4. The van der Waals surface area contributed by atoms with E-state index in [4.69, 9.17) is 10.5 Å². The lowest BCUT2D eigenvalue weighted by molar-refractivity contribution is 0.210. The van der Waals surface area contributed by atoms with Crippen LogP contribution in [0.3, 0.4) is 0 Å². The highest BCUT2D eigenvalue weighted by atomic mass is 35.5. The minimum absolute atomic E-state index is 0. The molecule has 0 amide bonds. The number of rotatable bonds is 5. The Morgan fingerprint density at radius 3 is 2.60 bits per heavy atom. The zero-order chi connectivity index (χ0) is 9.52. The lowest BCUT2D eigenvalue weighted by atomic mass is 10.3. The van der Waals surface area contributed by atoms with Gasteiger partial charge in [-0.2, -0.15) is 0 Å². The van der Waals surface area contributed by atoms with Gasteiger partial charge in [0, 0.05) is 26.4 Å². The van der Waals surface area contributed by atoms with Gasteiger partial charge in [0.25, 0.3) is 0 Å². The highest BCUT2D eigenvalue weighted by molar-refractivity contribution is 5.85. The number of ether oxygens (including phenoxy) is 1. The molecule has 1 aromatic heterocycles. The van der Waals surface area contributed by atoms with E-state index < -0.39 is 0 Å². The highest BCUT2D eigenvalue weighted by Gasteiger charge is 1.92. The zero-order valence-electron chi connectivity index (χ0n) is 8.60. The largest absolute Gasteiger partial charge is 0.383 e. The van der Waals surface area contributed by atoms with Crippen molar-refractivity contribution in [3.8, 4) is 0 Å². The molecule has 15 heavy (non-hydrogen) atoms. The smallest absolute Gasteiger partial charge is 0.125 e. The minimum atomic E-state index is 0. The van der Waals surface area contributed by atoms with Crippen molar-refractivity contribution in [2.75, 3.05) is 25.6 Å². The molecule has 6 heteroatoms. The molecule has 1 heterocycles. The standard InChI is InChI=1S/C9H15N3O.2ClH/c1-13-5-4-11-9-3-2-8(6-10)7-12-9;;/h2-3,7H,4-6,10H2,1H3,(H,11,12);2*1H. The van der Waals surface area contributed by atoms with Gasteiger partial charge in [-0.25, -0.2) is 4.98 Å². The van der Waals surface area contributed by atoms with Crippen molar-refractivity contribution >= 4 is 30.6 Å². The maximum absolute atomic E-state index is 5.44. The van der Waals surface area contributed by atoms with Crippen molar-refractivity contribution in [3.63, 3.8) is 0 Å². The molecular weight excluding hydrogens is 237 g/mol. The molecule has 4 nitrogen and oxygen atoms in total. The summed E-state index contributed by atoms with van der Waals surface area (Å²) < 4.78 is 4.90. The Labute approximate surface area is 102 Å². The van der Waals surface area contributed by atoms with Gasteiger partial charge in [0.2, 0.25) is 0 Å². The first-order valence-electron chi connectivity index (χ1n) is 4.24. The van der Waals surface area contributed by atoms with Gasteiger partial charge in [0.05, 0.1) is 6.61 Å². The number of pyridine rings is 1. The van der Waals surface area contributed by atoms with Crippen LogP contribution in [0.4, 0.5) is 5.82 Å². The molecule has 0 unspecified atom stereocenters. The molecule has 0 aliphatic heterocycles. The third-order valence-corrected chi connectivity index (χ3v) is 1.67.